The number of aryl methyl sites for hydroxylation is 2. The summed E-state index contributed by atoms with van der Waals surface area (Å²) in [6.45, 7) is 3.36. The van der Waals surface area contributed by atoms with Gasteiger partial charge in [0.2, 0.25) is 0 Å². The number of alkyl halides is 2. The third kappa shape index (κ3) is 4.05. The summed E-state index contributed by atoms with van der Waals surface area (Å²) in [5.41, 5.74) is 2.46. The molecule has 0 aromatic heterocycles. The molecule has 2 aromatic carbocycles. The standard InChI is InChI=1S/C26H22Br2Cl2N2O4/c1-11-3-4-13(7-12(11)2)19(33)10-31(24(34)14-5-6-17(29)18(30)8-14)32-25(35)20-15-9-16(21(20)26(32)36)23(28)22(15)27/h3-8,15-16,20-23H,9-10H2,1-2H3/t15-,16-,20-,21+,22+,23+/m1/s1. The largest absolute Gasteiger partial charge is 0.292 e. The lowest BCUT2D eigenvalue weighted by Gasteiger charge is -2.31. The molecule has 2 bridgehead atoms. The smallest absolute Gasteiger partial charge is 0.273 e. The van der Waals surface area contributed by atoms with Crippen LogP contribution in [0.1, 0.15) is 38.3 Å². The molecular formula is C26H22Br2Cl2N2O4. The Balaban J connectivity index is 1.52. The van der Waals surface area contributed by atoms with Crippen LogP contribution < -0.4 is 0 Å². The molecule has 1 saturated heterocycles. The van der Waals surface area contributed by atoms with E-state index in [2.05, 4.69) is 31.9 Å². The van der Waals surface area contributed by atoms with Gasteiger partial charge in [-0.25, -0.2) is 5.01 Å². The zero-order chi connectivity index (χ0) is 26.0. The number of nitrogens with zero attached hydrogens (tertiary/aromatic N) is 2. The van der Waals surface area contributed by atoms with E-state index in [-0.39, 0.29) is 42.9 Å². The second-order valence-electron chi connectivity index (χ2n) is 9.71. The quantitative estimate of drug-likeness (QED) is 0.238. The predicted octanol–water partition coefficient (Wildman–Crippen LogP) is 5.63. The summed E-state index contributed by atoms with van der Waals surface area (Å²) in [6.07, 6.45) is 0.759. The van der Waals surface area contributed by atoms with Crippen LogP contribution in [0.3, 0.4) is 0 Å². The Kier molecular flexibility index (Phi) is 6.86. The fourth-order valence-corrected chi connectivity index (χ4v) is 7.90. The Hall–Kier alpha value is -1.74. The first-order chi connectivity index (χ1) is 17.0. The molecular weight excluding hydrogens is 635 g/mol. The molecule has 0 radical (unpaired) electrons. The Morgan fingerprint density at radius 1 is 0.889 bits per heavy atom. The van der Waals surface area contributed by atoms with E-state index in [1.165, 1.54) is 18.2 Å². The molecule has 36 heavy (non-hydrogen) atoms. The molecule has 5 rings (SSSR count). The number of carbonyl (C=O) groups excluding carboxylic acids is 4. The van der Waals surface area contributed by atoms with E-state index in [1.54, 1.807) is 12.1 Å². The van der Waals surface area contributed by atoms with Crippen LogP contribution in [0.4, 0.5) is 0 Å². The number of ketones is 1. The van der Waals surface area contributed by atoms with Gasteiger partial charge in [-0.15, -0.1) is 0 Å². The third-order valence-corrected chi connectivity index (χ3v) is 11.7. The van der Waals surface area contributed by atoms with E-state index >= 15 is 0 Å². The number of hydrazine groups is 1. The molecule has 1 aliphatic heterocycles. The maximum Gasteiger partial charge on any atom is 0.273 e. The van der Waals surface area contributed by atoms with E-state index in [4.69, 9.17) is 23.2 Å². The zero-order valence-corrected chi connectivity index (χ0v) is 24.1. The Bertz CT molecular complexity index is 1290. The molecule has 1 heterocycles. The van der Waals surface area contributed by atoms with Crippen molar-refractivity contribution >= 4 is 78.6 Å². The first kappa shape index (κ1) is 25.9. The van der Waals surface area contributed by atoms with Gasteiger partial charge in [0, 0.05) is 20.8 Å². The summed E-state index contributed by atoms with van der Waals surface area (Å²) in [5.74, 6) is -3.05. The first-order valence-electron chi connectivity index (χ1n) is 11.5. The highest BCUT2D eigenvalue weighted by Crippen LogP contribution is 2.60. The topological polar surface area (TPSA) is 74.8 Å². The van der Waals surface area contributed by atoms with Gasteiger partial charge in [0.1, 0.15) is 6.54 Å². The molecule has 10 heteroatoms. The number of Topliss-reactive ketones (excluding diaryl/α,β-unsaturated/α-hetero) is 1. The second kappa shape index (κ2) is 9.53. The van der Waals surface area contributed by atoms with Crippen molar-refractivity contribution in [1.82, 2.24) is 10.0 Å². The number of halogens is 4. The van der Waals surface area contributed by atoms with Gasteiger partial charge in [-0.1, -0.05) is 67.2 Å². The first-order valence-corrected chi connectivity index (χ1v) is 14.1. The van der Waals surface area contributed by atoms with Crippen molar-refractivity contribution in [3.63, 3.8) is 0 Å². The van der Waals surface area contributed by atoms with Crippen LogP contribution in [0.5, 0.6) is 0 Å². The van der Waals surface area contributed by atoms with Gasteiger partial charge in [0.15, 0.2) is 5.78 Å². The molecule has 3 aliphatic rings. The minimum Gasteiger partial charge on any atom is -0.292 e. The number of hydrogen-bond donors (Lipinski definition) is 0. The lowest BCUT2D eigenvalue weighted by atomic mass is 9.81. The molecule has 2 aromatic rings. The SMILES string of the molecule is Cc1ccc(C(=O)CN(C(=O)c2ccc(Cl)c(Cl)c2)N2C(=O)[C@@H]3[C@H]4C[C@@H]([C@H](Br)[C@H]4Br)[C@@H]3C2=O)cc1C. The fraction of sp³-hybridized carbons (Fsp3) is 0.385. The summed E-state index contributed by atoms with van der Waals surface area (Å²) < 4.78 is 0. The molecule has 0 spiro atoms. The lowest BCUT2D eigenvalue weighted by Crippen LogP contribution is -2.52. The normalized spacial score (nSPS) is 28.6. The van der Waals surface area contributed by atoms with Gasteiger partial charge < -0.3 is 0 Å². The monoisotopic (exact) mass is 654 g/mol. The van der Waals surface area contributed by atoms with Crippen molar-refractivity contribution in [2.75, 3.05) is 6.54 Å². The minimum absolute atomic E-state index is 0.0248. The summed E-state index contributed by atoms with van der Waals surface area (Å²) in [5, 5.41) is 2.30. The van der Waals surface area contributed by atoms with Crippen LogP contribution in [-0.2, 0) is 9.59 Å². The fourth-order valence-electron chi connectivity index (χ4n) is 5.72. The molecule has 3 amide bonds. The van der Waals surface area contributed by atoms with Gasteiger partial charge in [0.25, 0.3) is 17.7 Å². The van der Waals surface area contributed by atoms with Crippen molar-refractivity contribution in [1.29, 1.82) is 0 Å². The van der Waals surface area contributed by atoms with Crippen LogP contribution in [-0.4, -0.2) is 49.7 Å². The number of hydrogen-bond acceptors (Lipinski definition) is 4. The maximum atomic E-state index is 13.7. The number of imide groups is 1. The minimum atomic E-state index is -0.675. The van der Waals surface area contributed by atoms with Gasteiger partial charge in [-0.2, -0.15) is 5.01 Å². The number of carbonyl (C=O) groups is 4. The van der Waals surface area contributed by atoms with E-state index < -0.39 is 36.1 Å². The molecule has 0 unspecified atom stereocenters. The predicted molar refractivity (Wildman–Crippen MR) is 144 cm³/mol. The molecule has 6 atom stereocenters. The number of benzene rings is 2. The highest BCUT2D eigenvalue weighted by atomic mass is 79.9. The molecule has 3 fully saturated rings. The van der Waals surface area contributed by atoms with Crippen molar-refractivity contribution < 1.29 is 19.2 Å². The zero-order valence-electron chi connectivity index (χ0n) is 19.4. The molecule has 188 valence electrons. The second-order valence-corrected chi connectivity index (χ2v) is 12.6. The number of fused-ring (bicyclic) bond motifs is 5. The Morgan fingerprint density at radius 3 is 2.03 bits per heavy atom. The Morgan fingerprint density at radius 2 is 1.47 bits per heavy atom. The van der Waals surface area contributed by atoms with Crippen LogP contribution in [0.2, 0.25) is 10.0 Å². The highest BCUT2D eigenvalue weighted by molar-refractivity contribution is 9.12. The van der Waals surface area contributed by atoms with Crippen LogP contribution in [0.15, 0.2) is 36.4 Å². The van der Waals surface area contributed by atoms with Crippen LogP contribution in [0.25, 0.3) is 0 Å². The van der Waals surface area contributed by atoms with Gasteiger partial charge in [-0.3, -0.25) is 19.2 Å². The van der Waals surface area contributed by atoms with Crippen molar-refractivity contribution in [3.05, 3.63) is 68.7 Å². The summed E-state index contributed by atoms with van der Waals surface area (Å²) >= 11 is 19.5. The number of amides is 3. The van der Waals surface area contributed by atoms with Gasteiger partial charge in [0.05, 0.1) is 21.9 Å². The average molecular weight is 657 g/mol. The van der Waals surface area contributed by atoms with Crippen LogP contribution in [0, 0.1) is 37.5 Å². The summed E-state index contributed by atoms with van der Waals surface area (Å²) in [7, 11) is 0. The van der Waals surface area contributed by atoms with E-state index in [0.717, 1.165) is 27.6 Å². The van der Waals surface area contributed by atoms with E-state index in [1.807, 2.05) is 19.9 Å². The van der Waals surface area contributed by atoms with Gasteiger partial charge >= 0.3 is 0 Å². The van der Waals surface area contributed by atoms with Crippen molar-refractivity contribution in [3.8, 4) is 0 Å². The summed E-state index contributed by atoms with van der Waals surface area (Å²) in [6, 6.07) is 9.55. The third-order valence-electron chi connectivity index (χ3n) is 7.73. The van der Waals surface area contributed by atoms with Crippen molar-refractivity contribution in [2.24, 2.45) is 23.7 Å². The highest BCUT2D eigenvalue weighted by Gasteiger charge is 2.67. The molecule has 2 aliphatic carbocycles. The van der Waals surface area contributed by atoms with E-state index in [9.17, 15) is 19.2 Å². The average Bonchev–Trinajstić information content (AvgIpc) is 3.45. The molecule has 6 nitrogen and oxygen atoms in total. The van der Waals surface area contributed by atoms with Gasteiger partial charge in [-0.05, 0) is 67.5 Å². The van der Waals surface area contributed by atoms with E-state index in [0.29, 0.717) is 5.56 Å². The maximum absolute atomic E-state index is 13.7. The molecule has 2 saturated carbocycles. The number of rotatable bonds is 5. The van der Waals surface area contributed by atoms with Crippen LogP contribution >= 0.6 is 55.1 Å². The van der Waals surface area contributed by atoms with Crippen molar-refractivity contribution in [2.45, 2.75) is 29.9 Å². The molecule has 0 N–H and O–H groups in total. The Labute approximate surface area is 235 Å². The summed E-state index contributed by atoms with van der Waals surface area (Å²) in [4.78, 5) is 54.5. The lowest BCUT2D eigenvalue weighted by molar-refractivity contribution is -0.154.